The van der Waals surface area contributed by atoms with Crippen LogP contribution in [0.5, 0.6) is 0 Å². The van der Waals surface area contributed by atoms with Crippen molar-refractivity contribution in [2.75, 3.05) is 6.54 Å². The van der Waals surface area contributed by atoms with Gasteiger partial charge in [0.1, 0.15) is 11.6 Å². The molecule has 0 amide bonds. The van der Waals surface area contributed by atoms with Crippen molar-refractivity contribution in [2.24, 2.45) is 5.73 Å². The van der Waals surface area contributed by atoms with E-state index in [1.807, 2.05) is 13.0 Å². The molecule has 0 radical (unpaired) electrons. The molecule has 0 saturated carbocycles. The molecule has 19 heavy (non-hydrogen) atoms. The second-order valence-corrected chi connectivity index (χ2v) is 4.74. The highest BCUT2D eigenvalue weighted by atomic mass is 19.1. The molecule has 2 aromatic rings. The van der Waals surface area contributed by atoms with E-state index >= 15 is 0 Å². The molecule has 2 N–H and O–H groups in total. The van der Waals surface area contributed by atoms with Crippen LogP contribution in [0.4, 0.5) is 4.39 Å². The van der Waals surface area contributed by atoms with Crippen molar-refractivity contribution in [3.05, 3.63) is 47.7 Å². The lowest BCUT2D eigenvalue weighted by atomic mass is 10.1. The molecule has 2 rings (SSSR count). The van der Waals surface area contributed by atoms with Crippen LogP contribution in [0.3, 0.4) is 0 Å². The molecule has 0 spiro atoms. The van der Waals surface area contributed by atoms with Gasteiger partial charge >= 0.3 is 0 Å². The van der Waals surface area contributed by atoms with E-state index in [9.17, 15) is 4.39 Å². The second-order valence-electron chi connectivity index (χ2n) is 4.74. The van der Waals surface area contributed by atoms with Crippen LogP contribution in [0.2, 0.25) is 0 Å². The first-order chi connectivity index (χ1) is 9.10. The van der Waals surface area contributed by atoms with Crippen molar-refractivity contribution < 1.29 is 4.39 Å². The Hall–Kier alpha value is -1.81. The maximum Gasteiger partial charge on any atom is 0.132 e. The summed E-state index contributed by atoms with van der Waals surface area (Å²) < 4.78 is 12.9. The molecule has 0 aliphatic rings. The largest absolute Gasteiger partial charge is 0.330 e. The Morgan fingerprint density at radius 2 is 1.89 bits per heavy atom. The van der Waals surface area contributed by atoms with Crippen molar-refractivity contribution in [1.29, 1.82) is 0 Å². The topological polar surface area (TPSA) is 51.8 Å². The maximum atomic E-state index is 12.9. The van der Waals surface area contributed by atoms with Crippen molar-refractivity contribution in [3.63, 3.8) is 0 Å². The number of halogens is 1. The van der Waals surface area contributed by atoms with Gasteiger partial charge in [-0.15, -0.1) is 0 Å². The maximum absolute atomic E-state index is 12.9. The number of hydrogen-bond acceptors (Lipinski definition) is 3. The molecule has 0 aliphatic heterocycles. The Labute approximate surface area is 112 Å². The Bertz CT molecular complexity index is 552. The molecule has 3 nitrogen and oxygen atoms in total. The van der Waals surface area contributed by atoms with Gasteiger partial charge in [0, 0.05) is 17.2 Å². The van der Waals surface area contributed by atoms with Gasteiger partial charge in [0.25, 0.3) is 0 Å². The average Bonchev–Trinajstić information content (AvgIpc) is 2.39. The van der Waals surface area contributed by atoms with E-state index in [0.717, 1.165) is 29.2 Å². The summed E-state index contributed by atoms with van der Waals surface area (Å²) in [5, 5.41) is 0. The van der Waals surface area contributed by atoms with Crippen LogP contribution in [0.15, 0.2) is 30.3 Å². The highest BCUT2D eigenvalue weighted by molar-refractivity contribution is 5.59. The zero-order chi connectivity index (χ0) is 13.8. The van der Waals surface area contributed by atoms with Gasteiger partial charge < -0.3 is 5.73 Å². The molecule has 1 aromatic carbocycles. The zero-order valence-electron chi connectivity index (χ0n) is 11.2. The third-order valence-electron chi connectivity index (χ3n) is 3.05. The summed E-state index contributed by atoms with van der Waals surface area (Å²) in [5.41, 5.74) is 8.21. The number of benzene rings is 1. The molecule has 4 heteroatoms. The monoisotopic (exact) mass is 259 g/mol. The van der Waals surface area contributed by atoms with E-state index in [1.165, 1.54) is 12.1 Å². The minimum Gasteiger partial charge on any atom is -0.330 e. The average molecular weight is 259 g/mol. The zero-order valence-corrected chi connectivity index (χ0v) is 11.2. The Morgan fingerprint density at radius 1 is 1.21 bits per heavy atom. The van der Waals surface area contributed by atoms with Crippen molar-refractivity contribution >= 4 is 0 Å². The van der Waals surface area contributed by atoms with E-state index in [4.69, 9.17) is 5.73 Å². The number of nitrogens with two attached hydrogens (primary N) is 1. The Morgan fingerprint density at radius 3 is 2.53 bits per heavy atom. The predicted octanol–water partition coefficient (Wildman–Crippen LogP) is 3.04. The van der Waals surface area contributed by atoms with Gasteiger partial charge in [-0.25, -0.2) is 14.4 Å². The lowest BCUT2D eigenvalue weighted by Crippen LogP contribution is -2.09. The van der Waals surface area contributed by atoms with Crippen LogP contribution in [0, 0.1) is 12.7 Å². The van der Waals surface area contributed by atoms with Gasteiger partial charge in [-0.2, -0.15) is 0 Å². The SMILES string of the molecule is Cc1cc(-c2ccc(F)cc2)nc(C(C)CCN)n1. The van der Waals surface area contributed by atoms with Crippen LogP contribution in [0.1, 0.15) is 30.8 Å². The first kappa shape index (κ1) is 13.6. The van der Waals surface area contributed by atoms with Gasteiger partial charge in [0.15, 0.2) is 0 Å². The fourth-order valence-corrected chi connectivity index (χ4v) is 1.96. The second kappa shape index (κ2) is 5.89. The first-order valence-corrected chi connectivity index (χ1v) is 6.41. The van der Waals surface area contributed by atoms with E-state index in [2.05, 4.69) is 16.9 Å². The number of aryl methyl sites for hydroxylation is 1. The third kappa shape index (κ3) is 3.35. The van der Waals surface area contributed by atoms with Crippen LogP contribution in [-0.4, -0.2) is 16.5 Å². The van der Waals surface area contributed by atoms with E-state index in [0.29, 0.717) is 6.54 Å². The number of aromatic nitrogens is 2. The van der Waals surface area contributed by atoms with Crippen LogP contribution >= 0.6 is 0 Å². The van der Waals surface area contributed by atoms with E-state index in [1.54, 1.807) is 12.1 Å². The quantitative estimate of drug-likeness (QED) is 0.918. The summed E-state index contributed by atoms with van der Waals surface area (Å²) in [5.74, 6) is 0.778. The van der Waals surface area contributed by atoms with Crippen LogP contribution in [-0.2, 0) is 0 Å². The molecule has 0 aliphatic carbocycles. The molecule has 1 atom stereocenters. The van der Waals surface area contributed by atoms with Gasteiger partial charge in [-0.05, 0) is 50.2 Å². The molecule has 0 saturated heterocycles. The van der Waals surface area contributed by atoms with Crippen molar-refractivity contribution in [3.8, 4) is 11.3 Å². The summed E-state index contributed by atoms with van der Waals surface area (Å²) in [6.45, 7) is 4.62. The van der Waals surface area contributed by atoms with Crippen LogP contribution < -0.4 is 5.73 Å². The number of rotatable bonds is 4. The molecular weight excluding hydrogens is 241 g/mol. The Balaban J connectivity index is 2.38. The molecule has 1 aromatic heterocycles. The summed E-state index contributed by atoms with van der Waals surface area (Å²) >= 11 is 0. The fraction of sp³-hybridized carbons (Fsp3) is 0.333. The third-order valence-corrected chi connectivity index (χ3v) is 3.05. The van der Waals surface area contributed by atoms with E-state index < -0.39 is 0 Å². The highest BCUT2D eigenvalue weighted by Crippen LogP contribution is 2.22. The normalized spacial score (nSPS) is 12.4. The van der Waals surface area contributed by atoms with Crippen LogP contribution in [0.25, 0.3) is 11.3 Å². The van der Waals surface area contributed by atoms with Gasteiger partial charge in [0.05, 0.1) is 5.69 Å². The number of hydrogen-bond donors (Lipinski definition) is 1. The lowest BCUT2D eigenvalue weighted by molar-refractivity contribution is 0.628. The molecule has 0 fully saturated rings. The van der Waals surface area contributed by atoms with Crippen molar-refractivity contribution in [2.45, 2.75) is 26.2 Å². The fourth-order valence-electron chi connectivity index (χ4n) is 1.96. The minimum absolute atomic E-state index is 0.226. The Kier molecular flexibility index (Phi) is 4.22. The van der Waals surface area contributed by atoms with Gasteiger partial charge in [-0.3, -0.25) is 0 Å². The van der Waals surface area contributed by atoms with Gasteiger partial charge in [0.2, 0.25) is 0 Å². The summed E-state index contributed by atoms with van der Waals surface area (Å²) in [6.07, 6.45) is 0.853. The standard InChI is InChI=1S/C15H18FN3/c1-10(7-8-17)15-18-11(2)9-14(19-15)12-3-5-13(16)6-4-12/h3-6,9-10H,7-8,17H2,1-2H3. The summed E-state index contributed by atoms with van der Waals surface area (Å²) in [6, 6.07) is 8.25. The summed E-state index contributed by atoms with van der Waals surface area (Å²) in [4.78, 5) is 9.02. The smallest absolute Gasteiger partial charge is 0.132 e. The number of nitrogens with zero attached hydrogens (tertiary/aromatic N) is 2. The molecule has 100 valence electrons. The van der Waals surface area contributed by atoms with E-state index in [-0.39, 0.29) is 11.7 Å². The summed E-state index contributed by atoms with van der Waals surface area (Å²) in [7, 11) is 0. The molecule has 0 bridgehead atoms. The minimum atomic E-state index is -0.244. The highest BCUT2D eigenvalue weighted by Gasteiger charge is 2.11. The predicted molar refractivity (Wildman–Crippen MR) is 74.2 cm³/mol. The molecule has 1 heterocycles. The van der Waals surface area contributed by atoms with Gasteiger partial charge in [-0.1, -0.05) is 6.92 Å². The molecule has 1 unspecified atom stereocenters. The van der Waals surface area contributed by atoms with Crippen molar-refractivity contribution in [1.82, 2.24) is 9.97 Å². The first-order valence-electron chi connectivity index (χ1n) is 6.41. The molecular formula is C15H18FN3. The lowest BCUT2D eigenvalue weighted by Gasteiger charge is -2.11.